The summed E-state index contributed by atoms with van der Waals surface area (Å²) in [6.45, 7) is 2.11. The Bertz CT molecular complexity index is 1320. The molecule has 4 rings (SSSR count). The molecule has 0 aliphatic rings. The number of hydrogen-bond acceptors (Lipinski definition) is 6. The van der Waals surface area contributed by atoms with Crippen molar-refractivity contribution in [1.29, 1.82) is 0 Å². The molecule has 0 bridgehead atoms. The van der Waals surface area contributed by atoms with E-state index in [9.17, 15) is 14.4 Å². The standard InChI is InChI=1S/C20H18N6O3S/c1-11-3-2-4-13-17(11)23-10-26(19(13)29)6-5-16(27)25-20-24-15(9-30-20)12-7-14(18(21)28)22-8-12/h2-4,7-10,22H,5-6H2,1H3,(H2,21,28)(H,24,25,27). The number of para-hydroxylation sites is 1. The third-order valence-corrected chi connectivity index (χ3v) is 5.39. The van der Waals surface area contributed by atoms with E-state index in [1.165, 1.54) is 22.2 Å². The highest BCUT2D eigenvalue weighted by Crippen LogP contribution is 2.25. The van der Waals surface area contributed by atoms with Crippen LogP contribution in [0.4, 0.5) is 5.13 Å². The predicted octanol–water partition coefficient (Wildman–Crippen LogP) is 2.28. The number of rotatable bonds is 6. The zero-order valence-corrected chi connectivity index (χ0v) is 16.8. The molecule has 4 aromatic rings. The van der Waals surface area contributed by atoms with Gasteiger partial charge in [0, 0.05) is 30.1 Å². The van der Waals surface area contributed by atoms with Gasteiger partial charge < -0.3 is 16.0 Å². The van der Waals surface area contributed by atoms with E-state index in [-0.39, 0.29) is 30.1 Å². The summed E-state index contributed by atoms with van der Waals surface area (Å²) in [5, 5.41) is 5.46. The van der Waals surface area contributed by atoms with E-state index in [1.807, 2.05) is 19.1 Å². The van der Waals surface area contributed by atoms with E-state index in [4.69, 9.17) is 5.73 Å². The summed E-state index contributed by atoms with van der Waals surface area (Å²) >= 11 is 1.26. The van der Waals surface area contributed by atoms with Crippen LogP contribution in [0, 0.1) is 6.92 Å². The third kappa shape index (κ3) is 3.85. The Balaban J connectivity index is 1.41. The summed E-state index contributed by atoms with van der Waals surface area (Å²) in [6.07, 6.45) is 3.19. The van der Waals surface area contributed by atoms with Gasteiger partial charge in [0.15, 0.2) is 5.13 Å². The van der Waals surface area contributed by atoms with E-state index in [0.29, 0.717) is 27.3 Å². The molecule has 30 heavy (non-hydrogen) atoms. The molecule has 152 valence electrons. The molecule has 9 nitrogen and oxygen atoms in total. The molecule has 0 radical (unpaired) electrons. The van der Waals surface area contributed by atoms with Gasteiger partial charge in [-0.1, -0.05) is 12.1 Å². The molecular formula is C20H18N6O3S. The summed E-state index contributed by atoms with van der Waals surface area (Å²) in [6, 6.07) is 7.05. The van der Waals surface area contributed by atoms with Crippen LogP contribution in [0.5, 0.6) is 0 Å². The van der Waals surface area contributed by atoms with Gasteiger partial charge in [0.25, 0.3) is 11.5 Å². The third-order valence-electron chi connectivity index (χ3n) is 4.63. The highest BCUT2D eigenvalue weighted by Gasteiger charge is 2.12. The Morgan fingerprint density at radius 1 is 1.33 bits per heavy atom. The van der Waals surface area contributed by atoms with Crippen LogP contribution in [0.2, 0.25) is 0 Å². The maximum atomic E-state index is 12.6. The van der Waals surface area contributed by atoms with Crippen molar-refractivity contribution in [2.45, 2.75) is 19.9 Å². The number of thiazole rings is 1. The Kier molecular flexibility index (Phi) is 5.15. The van der Waals surface area contributed by atoms with Crippen LogP contribution >= 0.6 is 11.3 Å². The van der Waals surface area contributed by atoms with E-state index in [1.54, 1.807) is 23.7 Å². The number of fused-ring (bicyclic) bond motifs is 1. The zero-order chi connectivity index (χ0) is 21.3. The molecule has 0 aliphatic heterocycles. The number of nitrogens with two attached hydrogens (primary N) is 1. The van der Waals surface area contributed by atoms with Crippen LogP contribution < -0.4 is 16.6 Å². The number of aromatic nitrogens is 4. The van der Waals surface area contributed by atoms with Crippen LogP contribution in [0.1, 0.15) is 22.5 Å². The summed E-state index contributed by atoms with van der Waals surface area (Å²) in [5.74, 6) is -0.822. The Hall–Kier alpha value is -3.79. The number of H-pyrrole nitrogens is 1. The predicted molar refractivity (Wildman–Crippen MR) is 114 cm³/mol. The number of carbonyl (C=O) groups excluding carboxylic acids is 2. The quantitative estimate of drug-likeness (QED) is 0.438. The molecule has 3 heterocycles. The number of benzene rings is 1. The first-order chi connectivity index (χ1) is 14.4. The topological polar surface area (TPSA) is 136 Å². The van der Waals surface area contributed by atoms with Crippen LogP contribution in [0.15, 0.2) is 47.0 Å². The van der Waals surface area contributed by atoms with Crippen molar-refractivity contribution in [1.82, 2.24) is 19.5 Å². The second-order valence-electron chi connectivity index (χ2n) is 6.72. The van der Waals surface area contributed by atoms with E-state index in [2.05, 4.69) is 20.3 Å². The lowest BCUT2D eigenvalue weighted by atomic mass is 10.1. The number of anilines is 1. The average Bonchev–Trinajstić information content (AvgIpc) is 3.37. The van der Waals surface area contributed by atoms with Crippen molar-refractivity contribution in [3.63, 3.8) is 0 Å². The summed E-state index contributed by atoms with van der Waals surface area (Å²) in [4.78, 5) is 47.6. The Morgan fingerprint density at radius 2 is 2.17 bits per heavy atom. The first-order valence-electron chi connectivity index (χ1n) is 9.11. The second-order valence-corrected chi connectivity index (χ2v) is 7.57. The van der Waals surface area contributed by atoms with Gasteiger partial charge in [0.1, 0.15) is 5.69 Å². The average molecular weight is 422 g/mol. The van der Waals surface area contributed by atoms with E-state index >= 15 is 0 Å². The first-order valence-corrected chi connectivity index (χ1v) is 9.99. The van der Waals surface area contributed by atoms with Crippen molar-refractivity contribution < 1.29 is 9.59 Å². The molecule has 0 fully saturated rings. The maximum absolute atomic E-state index is 12.6. The van der Waals surface area contributed by atoms with Gasteiger partial charge in [0.05, 0.1) is 22.9 Å². The molecular weight excluding hydrogens is 404 g/mol. The minimum absolute atomic E-state index is 0.101. The molecule has 0 saturated heterocycles. The maximum Gasteiger partial charge on any atom is 0.265 e. The number of primary amides is 1. The normalized spacial score (nSPS) is 11.0. The fourth-order valence-electron chi connectivity index (χ4n) is 3.05. The molecule has 2 amide bonds. The summed E-state index contributed by atoms with van der Waals surface area (Å²) in [5.41, 5.74) is 8.26. The number of hydrogen-bond donors (Lipinski definition) is 3. The van der Waals surface area contributed by atoms with Gasteiger partial charge in [-0.05, 0) is 24.6 Å². The SMILES string of the molecule is Cc1cccc2c(=O)n(CCC(=O)Nc3nc(-c4c[nH]c(C(N)=O)c4)cs3)cnc12. The molecule has 4 N–H and O–H groups in total. The van der Waals surface area contributed by atoms with Crippen molar-refractivity contribution in [3.05, 3.63) is 63.8 Å². The molecule has 1 aromatic carbocycles. The highest BCUT2D eigenvalue weighted by molar-refractivity contribution is 7.14. The lowest BCUT2D eigenvalue weighted by molar-refractivity contribution is -0.116. The summed E-state index contributed by atoms with van der Waals surface area (Å²) in [7, 11) is 0. The van der Waals surface area contributed by atoms with E-state index in [0.717, 1.165) is 5.56 Å². The molecule has 0 aliphatic carbocycles. The number of amides is 2. The van der Waals surface area contributed by atoms with Gasteiger partial charge in [-0.2, -0.15) is 0 Å². The molecule has 3 aromatic heterocycles. The van der Waals surface area contributed by atoms with Crippen molar-refractivity contribution >= 4 is 39.2 Å². The molecule has 10 heteroatoms. The van der Waals surface area contributed by atoms with E-state index < -0.39 is 5.91 Å². The largest absolute Gasteiger partial charge is 0.364 e. The molecule has 0 spiro atoms. The van der Waals surface area contributed by atoms with Gasteiger partial charge in [-0.25, -0.2) is 9.97 Å². The molecule has 0 atom stereocenters. The fourth-order valence-corrected chi connectivity index (χ4v) is 3.78. The minimum atomic E-state index is -0.557. The Morgan fingerprint density at radius 3 is 2.93 bits per heavy atom. The zero-order valence-electron chi connectivity index (χ0n) is 16.0. The number of carbonyl (C=O) groups is 2. The molecule has 0 saturated carbocycles. The van der Waals surface area contributed by atoms with Crippen LogP contribution in [-0.4, -0.2) is 31.3 Å². The number of aromatic amines is 1. The number of nitrogens with one attached hydrogen (secondary N) is 2. The lowest BCUT2D eigenvalue weighted by Crippen LogP contribution is -2.23. The van der Waals surface area contributed by atoms with Crippen LogP contribution in [-0.2, 0) is 11.3 Å². The minimum Gasteiger partial charge on any atom is -0.364 e. The fraction of sp³-hybridized carbons (Fsp3) is 0.150. The van der Waals surface area contributed by atoms with Crippen molar-refractivity contribution in [3.8, 4) is 11.3 Å². The van der Waals surface area contributed by atoms with Crippen LogP contribution in [0.25, 0.3) is 22.2 Å². The van der Waals surface area contributed by atoms with Gasteiger partial charge in [-0.15, -0.1) is 11.3 Å². The van der Waals surface area contributed by atoms with Gasteiger partial charge >= 0.3 is 0 Å². The monoisotopic (exact) mass is 422 g/mol. The smallest absolute Gasteiger partial charge is 0.265 e. The van der Waals surface area contributed by atoms with Crippen LogP contribution in [0.3, 0.4) is 0 Å². The van der Waals surface area contributed by atoms with Gasteiger partial charge in [-0.3, -0.25) is 19.0 Å². The second kappa shape index (κ2) is 7.91. The van der Waals surface area contributed by atoms with Crippen molar-refractivity contribution in [2.75, 3.05) is 5.32 Å². The number of aryl methyl sites for hydroxylation is 2. The van der Waals surface area contributed by atoms with Crippen molar-refractivity contribution in [2.24, 2.45) is 5.73 Å². The highest BCUT2D eigenvalue weighted by atomic mass is 32.1. The Labute approximate surface area is 174 Å². The number of nitrogens with zero attached hydrogens (tertiary/aromatic N) is 3. The summed E-state index contributed by atoms with van der Waals surface area (Å²) < 4.78 is 1.43. The molecule has 0 unspecified atom stereocenters. The lowest BCUT2D eigenvalue weighted by Gasteiger charge is -2.07. The van der Waals surface area contributed by atoms with Gasteiger partial charge in [0.2, 0.25) is 5.91 Å². The first kappa shape index (κ1) is 19.5.